The number of hydrogen-bond donors (Lipinski definition) is 3. The fourth-order valence-corrected chi connectivity index (χ4v) is 13.2. The van der Waals surface area contributed by atoms with E-state index in [-0.39, 0.29) is 33.0 Å². The first-order valence-electron chi connectivity index (χ1n) is 34.0. The van der Waals surface area contributed by atoms with Gasteiger partial charge in [0.25, 0.3) is 0 Å². The summed E-state index contributed by atoms with van der Waals surface area (Å²) in [5, 5.41) is 24.3. The number of anilines is 2. The monoisotopic (exact) mass is 1400 g/mol. The summed E-state index contributed by atoms with van der Waals surface area (Å²) in [7, 11) is 12.9. The van der Waals surface area contributed by atoms with Crippen LogP contribution in [0.3, 0.4) is 0 Å². The number of phenolic OH excluding ortho intramolecular Hbond substituents is 2. The lowest BCUT2D eigenvalue weighted by Crippen LogP contribution is -2.41. The van der Waals surface area contributed by atoms with E-state index in [0.717, 1.165) is 94.2 Å². The van der Waals surface area contributed by atoms with Gasteiger partial charge in [-0.15, -0.1) is 0 Å². The highest BCUT2D eigenvalue weighted by atomic mass is 79.9. The van der Waals surface area contributed by atoms with Gasteiger partial charge in [-0.25, -0.2) is 0 Å². The number of fused-ring (bicyclic) bond motifs is 3. The summed E-state index contributed by atoms with van der Waals surface area (Å²) in [4.78, 5) is 49.7. The van der Waals surface area contributed by atoms with E-state index < -0.39 is 5.75 Å². The van der Waals surface area contributed by atoms with Crippen LogP contribution in [0.15, 0.2) is 220 Å². The van der Waals surface area contributed by atoms with E-state index in [2.05, 4.69) is 100 Å². The first kappa shape index (κ1) is 70.8. The van der Waals surface area contributed by atoms with Crippen molar-refractivity contribution in [3.8, 4) is 57.0 Å². The van der Waals surface area contributed by atoms with Gasteiger partial charge in [0, 0.05) is 95.0 Å². The molecule has 14 rings (SSSR count). The largest absolute Gasteiger partial charge is 0.504 e. The van der Waals surface area contributed by atoms with Gasteiger partial charge in [-0.1, -0.05) is 101 Å². The average molecular weight is 1400 g/mol. The summed E-state index contributed by atoms with van der Waals surface area (Å²) >= 11 is 3.42. The standard InChI is InChI=1S/C30H32N2O3.C23H17BrO3.C22H24N2O4.C7H16N2/c1-21-9-14-26-27(33)19-28(35-30(26)29(21)34-20-22-7-5-4-6-8-22)23-10-12-25(13-11-23)32-17-15-24(16-18-32)31(2)3;1-15-7-12-19-20(25)13-21(17-8-10-18(24)11-9-17)27-23(19)22(15)26-14-16-5-3-2-4-6-16;1-23(2)15-9-11-24(12-10-15)16-5-3-14(4-6-16)20-13-19(26)17-7-8-18(25)21(27)22(17)28-20;1-9(2)7-3-5-8-6-4-7/h4-14,19,24H,15-18,20H2,1-3H3;2-13H,14H2,1H3;3-8,13,15,25,27H,9-12H2,1-2H3;7-8H,3-6H2,1-2H3. The number of nitrogens with one attached hydrogen (secondary N) is 1. The summed E-state index contributed by atoms with van der Waals surface area (Å²) < 4.78 is 31.4. The average Bonchev–Trinajstić information content (AvgIpc) is 0.790. The number of piperidine rings is 3. The van der Waals surface area contributed by atoms with Crippen LogP contribution in [-0.2, 0) is 13.2 Å². The molecule has 8 aromatic carbocycles. The molecule has 3 fully saturated rings. The van der Waals surface area contributed by atoms with Crippen LogP contribution in [0.4, 0.5) is 11.4 Å². The van der Waals surface area contributed by atoms with Gasteiger partial charge in [0.2, 0.25) is 5.75 Å². The molecule has 514 valence electrons. The Morgan fingerprint density at radius 3 is 1.16 bits per heavy atom. The molecule has 6 heterocycles. The van der Waals surface area contributed by atoms with Gasteiger partial charge in [-0.05, 0) is 215 Å². The smallest absolute Gasteiger partial charge is 0.201 e. The second kappa shape index (κ2) is 32.9. The third kappa shape index (κ3) is 17.7. The van der Waals surface area contributed by atoms with Crippen LogP contribution in [-0.4, -0.2) is 125 Å². The van der Waals surface area contributed by atoms with Crippen molar-refractivity contribution in [1.82, 2.24) is 20.0 Å². The van der Waals surface area contributed by atoms with Crippen molar-refractivity contribution < 1.29 is 32.9 Å². The number of halogens is 1. The number of phenols is 2. The Labute approximate surface area is 587 Å². The maximum absolute atomic E-state index is 13.0. The van der Waals surface area contributed by atoms with Crippen LogP contribution in [0.1, 0.15) is 60.8 Å². The topological polar surface area (TPSA) is 178 Å². The number of nitrogens with zero attached hydrogens (tertiary/aromatic N) is 5. The lowest BCUT2D eigenvalue weighted by Gasteiger charge is -2.36. The van der Waals surface area contributed by atoms with E-state index in [1.807, 2.05) is 153 Å². The molecule has 11 aromatic rings. The second-order valence-electron chi connectivity index (χ2n) is 26.4. The molecule has 99 heavy (non-hydrogen) atoms. The number of benzene rings is 8. The number of aryl methyl sites for hydroxylation is 2. The molecule has 3 N–H and O–H groups in total. The van der Waals surface area contributed by atoms with Crippen LogP contribution >= 0.6 is 15.9 Å². The SMILES string of the molecule is CN(C)C1CCN(c2ccc(-c3cc(=O)c4ccc(O)c(O)c4o3)cc2)CC1.CN(C)C1CCNCC1.Cc1ccc2c(=O)cc(-c3ccc(Br)cc3)oc2c1OCc1ccccc1.Cc1ccc2c(=O)cc(-c3ccc(N4CCC(N(C)C)CC4)cc3)oc2c1OCc1ccccc1. The summed E-state index contributed by atoms with van der Waals surface area (Å²) in [6, 6.07) is 60.5. The maximum Gasteiger partial charge on any atom is 0.201 e. The third-order valence-corrected chi connectivity index (χ3v) is 19.5. The predicted molar refractivity (Wildman–Crippen MR) is 403 cm³/mol. The predicted octanol–water partition coefficient (Wildman–Crippen LogP) is 15.7. The molecule has 0 aliphatic carbocycles. The number of rotatable bonds is 14. The van der Waals surface area contributed by atoms with Crippen LogP contribution < -0.4 is 40.9 Å². The zero-order valence-electron chi connectivity index (χ0n) is 57.8. The van der Waals surface area contributed by atoms with Gasteiger partial charge in [0.1, 0.15) is 30.5 Å². The Hall–Kier alpha value is -9.49. The molecular weight excluding hydrogens is 1310 g/mol. The minimum Gasteiger partial charge on any atom is -0.504 e. The Bertz CT molecular complexity index is 4670. The molecule has 3 aromatic heterocycles. The molecule has 0 radical (unpaired) electrons. The van der Waals surface area contributed by atoms with Crippen molar-refractivity contribution >= 4 is 60.2 Å². The van der Waals surface area contributed by atoms with Crippen molar-refractivity contribution in [2.24, 2.45) is 0 Å². The molecule has 3 aliphatic rings. The fraction of sp³-hybridized carbons (Fsp3) is 0.305. The second-order valence-corrected chi connectivity index (χ2v) is 27.3. The lowest BCUT2D eigenvalue weighted by molar-refractivity contribution is 0.238. The maximum atomic E-state index is 13.0. The Morgan fingerprint density at radius 2 is 0.788 bits per heavy atom. The van der Waals surface area contributed by atoms with Crippen molar-refractivity contribution in [2.75, 3.05) is 91.4 Å². The van der Waals surface area contributed by atoms with E-state index in [0.29, 0.717) is 76.0 Å². The van der Waals surface area contributed by atoms with Gasteiger partial charge in [-0.3, -0.25) is 14.4 Å². The van der Waals surface area contributed by atoms with Crippen molar-refractivity contribution in [3.05, 3.63) is 245 Å². The summed E-state index contributed by atoms with van der Waals surface area (Å²) in [5.74, 6) is 1.92. The summed E-state index contributed by atoms with van der Waals surface area (Å²) in [5.41, 5.74) is 9.36. The molecule has 0 bridgehead atoms. The molecule has 0 saturated carbocycles. The van der Waals surface area contributed by atoms with Gasteiger partial charge < -0.3 is 62.8 Å². The van der Waals surface area contributed by atoms with E-state index in [9.17, 15) is 24.6 Å². The van der Waals surface area contributed by atoms with Crippen molar-refractivity contribution in [2.45, 2.75) is 83.7 Å². The minimum atomic E-state index is -0.420. The molecular formula is C82H89BrN6O10. The highest BCUT2D eigenvalue weighted by Gasteiger charge is 2.24. The van der Waals surface area contributed by atoms with Gasteiger partial charge in [0.05, 0.1) is 16.2 Å². The number of ether oxygens (including phenoxy) is 2. The number of hydrogen-bond acceptors (Lipinski definition) is 16. The molecule has 3 saturated heterocycles. The highest BCUT2D eigenvalue weighted by molar-refractivity contribution is 9.10. The molecule has 0 atom stereocenters. The normalized spacial score (nSPS) is 14.6. The molecule has 3 aliphatic heterocycles. The van der Waals surface area contributed by atoms with E-state index >= 15 is 0 Å². The van der Waals surface area contributed by atoms with E-state index in [1.54, 1.807) is 12.1 Å². The molecule has 0 spiro atoms. The number of aromatic hydroxyl groups is 2. The van der Waals surface area contributed by atoms with Gasteiger partial charge in [-0.2, -0.15) is 0 Å². The first-order valence-corrected chi connectivity index (χ1v) is 34.8. The quantitative estimate of drug-likeness (QED) is 0.0875. The van der Waals surface area contributed by atoms with E-state index in [1.165, 1.54) is 68.7 Å². The highest BCUT2D eigenvalue weighted by Crippen LogP contribution is 2.38. The van der Waals surface area contributed by atoms with Gasteiger partial charge >= 0.3 is 0 Å². The Morgan fingerprint density at radius 1 is 0.444 bits per heavy atom. The van der Waals surface area contributed by atoms with Crippen molar-refractivity contribution in [1.29, 1.82) is 0 Å². The molecule has 16 nitrogen and oxygen atoms in total. The van der Waals surface area contributed by atoms with Crippen LogP contribution in [0.2, 0.25) is 0 Å². The molecule has 0 amide bonds. The lowest BCUT2D eigenvalue weighted by atomic mass is 10.0. The van der Waals surface area contributed by atoms with Gasteiger partial charge in [0.15, 0.2) is 50.3 Å². The first-order chi connectivity index (χ1) is 47.8. The minimum absolute atomic E-state index is 0.00247. The van der Waals surface area contributed by atoms with E-state index in [4.69, 9.17) is 22.7 Å². The summed E-state index contributed by atoms with van der Waals surface area (Å²) in [6.07, 6.45) is 7.23. The molecule has 17 heteroatoms. The van der Waals surface area contributed by atoms with Crippen molar-refractivity contribution in [3.63, 3.8) is 0 Å². The zero-order valence-corrected chi connectivity index (χ0v) is 59.4. The van der Waals surface area contributed by atoms with Crippen LogP contribution in [0, 0.1) is 13.8 Å². The Kier molecular flexibility index (Phi) is 23.5. The Balaban J connectivity index is 0.000000142. The molecule has 0 unspecified atom stereocenters. The third-order valence-electron chi connectivity index (χ3n) is 19.0. The fourth-order valence-electron chi connectivity index (χ4n) is 12.9. The zero-order chi connectivity index (χ0) is 69.7. The van der Waals surface area contributed by atoms with Crippen LogP contribution in [0.25, 0.3) is 66.9 Å². The summed E-state index contributed by atoms with van der Waals surface area (Å²) in [6.45, 7) is 11.3. The van der Waals surface area contributed by atoms with Crippen LogP contribution in [0.5, 0.6) is 23.0 Å².